The van der Waals surface area contributed by atoms with Gasteiger partial charge >= 0.3 is 5.97 Å². The van der Waals surface area contributed by atoms with E-state index in [0.717, 1.165) is 16.5 Å². The summed E-state index contributed by atoms with van der Waals surface area (Å²) in [6.45, 7) is 4.08. The van der Waals surface area contributed by atoms with Crippen LogP contribution in [0.4, 0.5) is 0 Å². The van der Waals surface area contributed by atoms with Crippen molar-refractivity contribution in [2.75, 3.05) is 12.3 Å². The molecule has 1 aromatic heterocycles. The molecule has 0 saturated carbocycles. The minimum atomic E-state index is -1.20. The summed E-state index contributed by atoms with van der Waals surface area (Å²) in [7, 11) is 0. The van der Waals surface area contributed by atoms with Crippen molar-refractivity contribution in [3.05, 3.63) is 36.0 Å². The van der Waals surface area contributed by atoms with Crippen LogP contribution in [0.1, 0.15) is 38.7 Å². The zero-order chi connectivity index (χ0) is 26.4. The lowest BCUT2D eigenvalue weighted by molar-refractivity contribution is -0.143. The molecule has 3 rings (SSSR count). The number of aliphatic carboxylic acids is 1. The fourth-order valence-corrected chi connectivity index (χ4v) is 4.79. The zero-order valence-electron chi connectivity index (χ0n) is 20.6. The number of carboxylic acids is 1. The summed E-state index contributed by atoms with van der Waals surface area (Å²) < 4.78 is 0. The predicted molar refractivity (Wildman–Crippen MR) is 140 cm³/mol. The first-order chi connectivity index (χ1) is 17.2. The molecule has 0 radical (unpaired) electrons. The fourth-order valence-electron chi connectivity index (χ4n) is 4.54. The topological polar surface area (TPSA) is 158 Å². The summed E-state index contributed by atoms with van der Waals surface area (Å²) in [6, 6.07) is 4.09. The molecule has 0 spiro atoms. The number of amides is 3. The molecule has 5 atom stereocenters. The summed E-state index contributed by atoms with van der Waals surface area (Å²) >= 11 is 3.98. The highest BCUT2D eigenvalue weighted by atomic mass is 32.1. The van der Waals surface area contributed by atoms with E-state index in [9.17, 15) is 24.3 Å². The molecule has 1 fully saturated rings. The third kappa shape index (κ3) is 6.19. The second-order valence-electron chi connectivity index (χ2n) is 9.31. The third-order valence-electron chi connectivity index (χ3n) is 6.86. The Morgan fingerprint density at radius 2 is 1.97 bits per heavy atom. The van der Waals surface area contributed by atoms with Gasteiger partial charge in [0, 0.05) is 29.4 Å². The summed E-state index contributed by atoms with van der Waals surface area (Å²) in [5.41, 5.74) is 8.18. The number of carboxylic acid groups (broad SMARTS) is 1. The van der Waals surface area contributed by atoms with Crippen LogP contribution >= 0.6 is 12.6 Å². The first-order valence-electron chi connectivity index (χ1n) is 12.2. The highest BCUT2D eigenvalue weighted by molar-refractivity contribution is 7.80. The third-order valence-corrected chi connectivity index (χ3v) is 7.23. The second-order valence-corrected chi connectivity index (χ2v) is 9.68. The van der Waals surface area contributed by atoms with Crippen LogP contribution in [0.15, 0.2) is 30.5 Å². The van der Waals surface area contributed by atoms with Gasteiger partial charge in [-0.2, -0.15) is 12.6 Å². The number of aromatic nitrogens is 1. The number of aromatic amines is 1. The van der Waals surface area contributed by atoms with Gasteiger partial charge in [0.2, 0.25) is 17.7 Å². The number of nitrogens with zero attached hydrogens (tertiary/aromatic N) is 1. The lowest BCUT2D eigenvalue weighted by Crippen LogP contribution is -2.58. The minimum Gasteiger partial charge on any atom is -0.480 e. The van der Waals surface area contributed by atoms with Gasteiger partial charge < -0.3 is 31.4 Å². The zero-order valence-corrected chi connectivity index (χ0v) is 21.5. The molecular weight excluding hydrogens is 482 g/mol. The number of hydrogen-bond acceptors (Lipinski definition) is 6. The molecule has 0 aliphatic carbocycles. The van der Waals surface area contributed by atoms with Crippen LogP contribution in [0, 0.1) is 5.92 Å². The number of para-hydroxylation sites is 1. The Morgan fingerprint density at radius 3 is 2.64 bits per heavy atom. The second kappa shape index (κ2) is 12.3. The SMILES string of the molecule is CCC(C)C(NC(=O)C1CCCN1C(=O)C(N)Cc1c[nH]c2ccccc12)C(=O)NC(CS)C(=O)O. The average molecular weight is 518 g/mol. The van der Waals surface area contributed by atoms with Crippen molar-refractivity contribution in [1.82, 2.24) is 20.5 Å². The molecule has 1 aliphatic heterocycles. The van der Waals surface area contributed by atoms with E-state index in [1.165, 1.54) is 4.90 Å². The van der Waals surface area contributed by atoms with Gasteiger partial charge in [-0.3, -0.25) is 14.4 Å². The molecule has 36 heavy (non-hydrogen) atoms. The maximum Gasteiger partial charge on any atom is 0.327 e. The first-order valence-corrected chi connectivity index (χ1v) is 12.9. The van der Waals surface area contributed by atoms with Crippen molar-refractivity contribution in [1.29, 1.82) is 0 Å². The average Bonchev–Trinajstić information content (AvgIpc) is 3.52. The highest BCUT2D eigenvalue weighted by Gasteiger charge is 2.38. The molecule has 3 amide bonds. The maximum atomic E-state index is 13.2. The van der Waals surface area contributed by atoms with Crippen LogP contribution in [0.2, 0.25) is 0 Å². The number of rotatable bonds is 11. The minimum absolute atomic E-state index is 0.0819. The summed E-state index contributed by atoms with van der Waals surface area (Å²) in [6.07, 6.45) is 3.85. The van der Waals surface area contributed by atoms with Crippen LogP contribution in [-0.4, -0.2) is 75.1 Å². The van der Waals surface area contributed by atoms with Crippen molar-refractivity contribution in [3.8, 4) is 0 Å². The van der Waals surface area contributed by atoms with E-state index in [4.69, 9.17) is 5.73 Å². The van der Waals surface area contributed by atoms with Crippen LogP contribution in [0.5, 0.6) is 0 Å². The van der Waals surface area contributed by atoms with E-state index in [1.54, 1.807) is 6.92 Å². The van der Waals surface area contributed by atoms with Crippen LogP contribution in [-0.2, 0) is 25.6 Å². The normalized spacial score (nSPS) is 18.9. The fraction of sp³-hybridized carbons (Fsp3) is 0.520. The Labute approximate surface area is 215 Å². The number of H-pyrrole nitrogens is 1. The molecule has 2 aromatic rings. The summed E-state index contributed by atoms with van der Waals surface area (Å²) in [4.78, 5) is 55.3. The molecule has 6 N–H and O–H groups in total. The van der Waals surface area contributed by atoms with Gasteiger partial charge in [-0.05, 0) is 36.8 Å². The van der Waals surface area contributed by atoms with E-state index in [1.807, 2.05) is 37.4 Å². The lowest BCUT2D eigenvalue weighted by atomic mass is 9.97. The van der Waals surface area contributed by atoms with E-state index in [2.05, 4.69) is 28.2 Å². The van der Waals surface area contributed by atoms with Crippen molar-refractivity contribution in [3.63, 3.8) is 0 Å². The molecule has 5 unspecified atom stereocenters. The first kappa shape index (κ1) is 27.5. The number of benzene rings is 1. The standard InChI is InChI=1S/C25H35N5O5S/c1-3-14(2)21(23(32)28-19(13-36)25(34)35)29-22(31)20-9-6-10-30(20)24(33)17(26)11-15-12-27-18-8-5-4-7-16(15)18/h4-5,7-8,12,14,17,19-21,27,36H,3,6,9-11,13,26H2,1-2H3,(H,28,32)(H,29,31)(H,34,35). The Balaban J connectivity index is 1.69. The molecular formula is C25H35N5O5S. The molecule has 1 aromatic carbocycles. The van der Waals surface area contributed by atoms with Gasteiger partial charge in [0.1, 0.15) is 18.1 Å². The van der Waals surface area contributed by atoms with E-state index in [0.29, 0.717) is 32.2 Å². The molecule has 11 heteroatoms. The Hall–Kier alpha value is -3.05. The predicted octanol–water partition coefficient (Wildman–Crippen LogP) is 1.06. The van der Waals surface area contributed by atoms with Crippen molar-refractivity contribution in [2.45, 2.75) is 63.7 Å². The molecule has 0 bridgehead atoms. The van der Waals surface area contributed by atoms with Gasteiger partial charge in [-0.25, -0.2) is 4.79 Å². The number of carbonyl (C=O) groups excluding carboxylic acids is 3. The largest absolute Gasteiger partial charge is 0.480 e. The lowest BCUT2D eigenvalue weighted by Gasteiger charge is -2.30. The van der Waals surface area contributed by atoms with Crippen LogP contribution in [0.3, 0.4) is 0 Å². The molecule has 1 saturated heterocycles. The van der Waals surface area contributed by atoms with E-state index >= 15 is 0 Å². The van der Waals surface area contributed by atoms with Gasteiger partial charge in [-0.15, -0.1) is 0 Å². The molecule has 196 valence electrons. The van der Waals surface area contributed by atoms with Crippen molar-refractivity contribution >= 4 is 47.2 Å². The number of nitrogens with two attached hydrogens (primary N) is 1. The maximum absolute atomic E-state index is 13.2. The quantitative estimate of drug-likeness (QED) is 0.245. The van der Waals surface area contributed by atoms with Gasteiger partial charge in [0.25, 0.3) is 0 Å². The number of hydrogen-bond donors (Lipinski definition) is 6. The Kier molecular flexibility index (Phi) is 9.38. The van der Waals surface area contributed by atoms with Crippen molar-refractivity contribution in [2.24, 2.45) is 11.7 Å². The number of nitrogens with one attached hydrogen (secondary N) is 3. The van der Waals surface area contributed by atoms with E-state index < -0.39 is 42.0 Å². The van der Waals surface area contributed by atoms with Crippen LogP contribution < -0.4 is 16.4 Å². The Bertz CT molecular complexity index is 1110. The summed E-state index contributed by atoms with van der Waals surface area (Å²) in [5, 5.41) is 15.4. The highest BCUT2D eigenvalue weighted by Crippen LogP contribution is 2.22. The van der Waals surface area contributed by atoms with Gasteiger partial charge in [0.15, 0.2) is 0 Å². The van der Waals surface area contributed by atoms with E-state index in [-0.39, 0.29) is 17.6 Å². The number of thiol groups is 1. The Morgan fingerprint density at radius 1 is 1.25 bits per heavy atom. The molecule has 2 heterocycles. The number of fused-ring (bicyclic) bond motifs is 1. The van der Waals surface area contributed by atoms with Gasteiger partial charge in [-0.1, -0.05) is 38.5 Å². The summed E-state index contributed by atoms with van der Waals surface area (Å²) in [5.74, 6) is -2.89. The van der Waals surface area contributed by atoms with Crippen LogP contribution in [0.25, 0.3) is 10.9 Å². The molecule has 10 nitrogen and oxygen atoms in total. The van der Waals surface area contributed by atoms with Gasteiger partial charge in [0.05, 0.1) is 6.04 Å². The smallest absolute Gasteiger partial charge is 0.327 e. The monoisotopic (exact) mass is 517 g/mol. The number of likely N-dealkylation sites (tertiary alicyclic amines) is 1. The number of carbonyl (C=O) groups is 4. The van der Waals surface area contributed by atoms with Crippen molar-refractivity contribution < 1.29 is 24.3 Å². The molecule has 1 aliphatic rings.